The lowest BCUT2D eigenvalue weighted by atomic mass is 10.2. The van der Waals surface area contributed by atoms with E-state index in [0.717, 1.165) is 11.6 Å². The predicted molar refractivity (Wildman–Crippen MR) is 81.5 cm³/mol. The largest absolute Gasteiger partial charge is 0.310 e. The van der Waals surface area contributed by atoms with Crippen molar-refractivity contribution in [2.24, 2.45) is 0 Å². The fraction of sp³-hybridized carbons (Fsp3) is 0.312. The molecule has 0 aliphatic heterocycles. The van der Waals surface area contributed by atoms with E-state index in [4.69, 9.17) is 0 Å². The highest BCUT2D eigenvalue weighted by atomic mass is 32.2. The van der Waals surface area contributed by atoms with Crippen LogP contribution in [0.3, 0.4) is 0 Å². The fourth-order valence-corrected chi connectivity index (χ4v) is 2.56. The van der Waals surface area contributed by atoms with Crippen LogP contribution in [0.15, 0.2) is 52.5 Å². The maximum atomic E-state index is 4.50. The van der Waals surface area contributed by atoms with Crippen molar-refractivity contribution in [3.05, 3.63) is 53.7 Å². The Morgan fingerprint density at radius 3 is 2.58 bits per heavy atom. The Balaban J connectivity index is 2.13. The van der Waals surface area contributed by atoms with E-state index >= 15 is 0 Å². The minimum absolute atomic E-state index is 0.484. The molecule has 1 aromatic carbocycles. The number of hydrogen-bond acceptors (Lipinski definition) is 3. The van der Waals surface area contributed by atoms with Crippen LogP contribution in [-0.4, -0.2) is 11.0 Å². The summed E-state index contributed by atoms with van der Waals surface area (Å²) in [5, 5.41) is 4.53. The Kier molecular flexibility index (Phi) is 5.00. The lowest BCUT2D eigenvalue weighted by molar-refractivity contribution is 0.582. The summed E-state index contributed by atoms with van der Waals surface area (Å²) < 4.78 is 0. The molecule has 0 saturated heterocycles. The molecule has 19 heavy (non-hydrogen) atoms. The summed E-state index contributed by atoms with van der Waals surface area (Å²) in [4.78, 5) is 5.73. The average Bonchev–Trinajstić information content (AvgIpc) is 2.40. The zero-order valence-electron chi connectivity index (χ0n) is 11.7. The van der Waals surface area contributed by atoms with Gasteiger partial charge in [-0.2, -0.15) is 0 Å². The molecule has 0 amide bonds. The van der Waals surface area contributed by atoms with E-state index in [1.807, 2.05) is 12.3 Å². The molecule has 0 fully saturated rings. The van der Waals surface area contributed by atoms with Gasteiger partial charge in [-0.15, -0.1) is 0 Å². The average molecular weight is 272 g/mol. The summed E-state index contributed by atoms with van der Waals surface area (Å²) in [6.45, 7) is 7.28. The topological polar surface area (TPSA) is 24.9 Å². The number of aromatic nitrogens is 1. The van der Waals surface area contributed by atoms with Gasteiger partial charge in [0.2, 0.25) is 0 Å². The van der Waals surface area contributed by atoms with Crippen molar-refractivity contribution >= 4 is 11.8 Å². The number of hydrogen-bond donors (Lipinski definition) is 1. The Labute approximate surface area is 119 Å². The molecule has 3 heteroatoms. The molecule has 0 bridgehead atoms. The second-order valence-corrected chi connectivity index (χ2v) is 5.98. The maximum Gasteiger partial charge on any atom is 0.105 e. The molecular weight excluding hydrogens is 252 g/mol. The molecule has 100 valence electrons. The van der Waals surface area contributed by atoms with Crippen LogP contribution in [-0.2, 0) is 6.54 Å². The van der Waals surface area contributed by atoms with Gasteiger partial charge in [-0.05, 0) is 30.7 Å². The molecule has 0 atom stereocenters. The van der Waals surface area contributed by atoms with E-state index in [1.165, 1.54) is 16.0 Å². The van der Waals surface area contributed by atoms with Crippen molar-refractivity contribution in [2.75, 3.05) is 0 Å². The Hall–Kier alpha value is -1.32. The van der Waals surface area contributed by atoms with E-state index in [-0.39, 0.29) is 0 Å². The van der Waals surface area contributed by atoms with Crippen molar-refractivity contribution in [1.29, 1.82) is 0 Å². The number of benzene rings is 1. The van der Waals surface area contributed by atoms with Crippen LogP contribution < -0.4 is 5.32 Å². The molecule has 0 unspecified atom stereocenters. The number of aryl methyl sites for hydroxylation is 1. The lowest BCUT2D eigenvalue weighted by Gasteiger charge is -2.11. The fourth-order valence-electron chi connectivity index (χ4n) is 1.68. The summed E-state index contributed by atoms with van der Waals surface area (Å²) in [5.74, 6) is 0. The van der Waals surface area contributed by atoms with Crippen molar-refractivity contribution in [2.45, 2.75) is 43.3 Å². The van der Waals surface area contributed by atoms with Gasteiger partial charge in [0.25, 0.3) is 0 Å². The van der Waals surface area contributed by atoms with Crippen LogP contribution in [0.5, 0.6) is 0 Å². The third-order valence-corrected chi connectivity index (χ3v) is 3.86. The summed E-state index contributed by atoms with van der Waals surface area (Å²) in [6.07, 6.45) is 1.86. The molecule has 0 aliphatic rings. The van der Waals surface area contributed by atoms with Gasteiger partial charge in [-0.25, -0.2) is 4.98 Å². The highest BCUT2D eigenvalue weighted by Gasteiger charge is 2.06. The van der Waals surface area contributed by atoms with Crippen LogP contribution in [0.1, 0.15) is 25.0 Å². The number of nitrogens with zero attached hydrogens (tertiary/aromatic N) is 1. The molecule has 0 aliphatic carbocycles. The standard InChI is InChI=1S/C16H20N2S/c1-12(2)18-11-14-5-4-10-17-16(14)19-15-8-6-13(3)7-9-15/h4-10,12,18H,11H2,1-3H3. The van der Waals surface area contributed by atoms with E-state index in [0.29, 0.717) is 6.04 Å². The summed E-state index contributed by atoms with van der Waals surface area (Å²) in [6, 6.07) is 13.2. The molecule has 1 heterocycles. The second-order valence-electron chi connectivity index (χ2n) is 4.92. The van der Waals surface area contributed by atoms with Crippen molar-refractivity contribution in [3.63, 3.8) is 0 Å². The van der Waals surface area contributed by atoms with E-state index in [1.54, 1.807) is 11.8 Å². The quantitative estimate of drug-likeness (QED) is 0.889. The van der Waals surface area contributed by atoms with E-state index < -0.39 is 0 Å². The molecule has 1 aromatic heterocycles. The number of rotatable bonds is 5. The van der Waals surface area contributed by atoms with Gasteiger partial charge in [-0.3, -0.25) is 0 Å². The Bertz CT molecular complexity index is 521. The first-order valence-corrected chi connectivity index (χ1v) is 7.38. The monoisotopic (exact) mass is 272 g/mol. The first-order valence-electron chi connectivity index (χ1n) is 6.57. The molecular formula is C16H20N2S. The molecule has 2 aromatic rings. The van der Waals surface area contributed by atoms with Gasteiger partial charge in [0.15, 0.2) is 0 Å². The first-order chi connectivity index (χ1) is 9.15. The predicted octanol–water partition coefficient (Wildman–Crippen LogP) is 4.04. The molecule has 1 N–H and O–H groups in total. The molecule has 0 radical (unpaired) electrons. The smallest absolute Gasteiger partial charge is 0.105 e. The highest BCUT2D eigenvalue weighted by Crippen LogP contribution is 2.28. The lowest BCUT2D eigenvalue weighted by Crippen LogP contribution is -2.22. The van der Waals surface area contributed by atoms with Crippen LogP contribution in [0.4, 0.5) is 0 Å². The van der Waals surface area contributed by atoms with Gasteiger partial charge in [0.1, 0.15) is 5.03 Å². The minimum atomic E-state index is 0.484. The first kappa shape index (κ1) is 14.1. The van der Waals surface area contributed by atoms with E-state index in [9.17, 15) is 0 Å². The highest BCUT2D eigenvalue weighted by molar-refractivity contribution is 7.99. The Morgan fingerprint density at radius 1 is 1.16 bits per heavy atom. The second kappa shape index (κ2) is 6.73. The molecule has 0 saturated carbocycles. The zero-order chi connectivity index (χ0) is 13.7. The van der Waals surface area contributed by atoms with Gasteiger partial charge < -0.3 is 5.32 Å². The zero-order valence-corrected chi connectivity index (χ0v) is 12.5. The third kappa shape index (κ3) is 4.37. The number of nitrogens with one attached hydrogen (secondary N) is 1. The Morgan fingerprint density at radius 2 is 1.89 bits per heavy atom. The minimum Gasteiger partial charge on any atom is -0.310 e. The van der Waals surface area contributed by atoms with Crippen LogP contribution in [0, 0.1) is 6.92 Å². The summed E-state index contributed by atoms with van der Waals surface area (Å²) in [7, 11) is 0. The third-order valence-electron chi connectivity index (χ3n) is 2.79. The molecule has 2 nitrogen and oxygen atoms in total. The van der Waals surface area contributed by atoms with Gasteiger partial charge in [0, 0.05) is 23.7 Å². The van der Waals surface area contributed by atoms with Crippen LogP contribution in [0.25, 0.3) is 0 Å². The van der Waals surface area contributed by atoms with E-state index in [2.05, 4.69) is 61.4 Å². The van der Waals surface area contributed by atoms with Gasteiger partial charge in [0.05, 0.1) is 0 Å². The van der Waals surface area contributed by atoms with Crippen molar-refractivity contribution in [1.82, 2.24) is 10.3 Å². The maximum absolute atomic E-state index is 4.50. The summed E-state index contributed by atoms with van der Waals surface area (Å²) >= 11 is 1.72. The SMILES string of the molecule is Cc1ccc(Sc2ncccc2CNC(C)C)cc1. The van der Waals surface area contributed by atoms with Crippen LogP contribution >= 0.6 is 11.8 Å². The number of pyridine rings is 1. The van der Waals surface area contributed by atoms with Crippen LogP contribution in [0.2, 0.25) is 0 Å². The van der Waals surface area contributed by atoms with Crippen molar-refractivity contribution < 1.29 is 0 Å². The molecule has 0 spiro atoms. The van der Waals surface area contributed by atoms with Crippen molar-refractivity contribution in [3.8, 4) is 0 Å². The van der Waals surface area contributed by atoms with Gasteiger partial charge in [-0.1, -0.05) is 49.4 Å². The molecule has 2 rings (SSSR count). The van der Waals surface area contributed by atoms with Gasteiger partial charge >= 0.3 is 0 Å². The normalized spacial score (nSPS) is 10.9. The summed E-state index contributed by atoms with van der Waals surface area (Å²) in [5.41, 5.74) is 2.54.